The molecule has 0 aromatic heterocycles. The van der Waals surface area contributed by atoms with Crippen LogP contribution >= 0.6 is 0 Å². The number of rotatable bonds is 1. The number of carbonyl (C=O) groups is 2. The van der Waals surface area contributed by atoms with Crippen LogP contribution in [0.2, 0.25) is 0 Å². The van der Waals surface area contributed by atoms with Crippen LogP contribution in [0.4, 0.5) is 0 Å². The van der Waals surface area contributed by atoms with Gasteiger partial charge in [0.15, 0.2) is 0 Å². The molecule has 0 bridgehead atoms. The largest absolute Gasteiger partial charge is 0.344 e. The van der Waals surface area contributed by atoms with Crippen molar-refractivity contribution in [1.29, 1.82) is 5.26 Å². The molecule has 2 saturated heterocycles. The van der Waals surface area contributed by atoms with Crippen LogP contribution in [-0.2, 0) is 9.59 Å². The van der Waals surface area contributed by atoms with Crippen molar-refractivity contribution < 1.29 is 9.59 Å². The summed E-state index contributed by atoms with van der Waals surface area (Å²) in [5, 5.41) is 14.6. The second kappa shape index (κ2) is 4.49. The third kappa shape index (κ3) is 1.99. The quantitative estimate of drug-likeness (QED) is 0.570. The Morgan fingerprint density at radius 1 is 1.56 bits per heavy atom. The zero-order valence-corrected chi connectivity index (χ0v) is 8.90. The van der Waals surface area contributed by atoms with Gasteiger partial charge in [-0.15, -0.1) is 0 Å². The standard InChI is InChI=1S/C10H14N4O2/c11-5-7-6-12-3-4-14(7)10(16)8-1-2-9(15)13-8/h7-8,12H,1-4,6H2,(H,13,15)/t7?,8-/m1/s1. The van der Waals surface area contributed by atoms with Crippen molar-refractivity contribution in [1.82, 2.24) is 15.5 Å². The maximum atomic E-state index is 12.0. The number of amides is 2. The minimum atomic E-state index is -0.429. The monoisotopic (exact) mass is 222 g/mol. The number of piperazine rings is 1. The number of nitrogens with zero attached hydrogens (tertiary/aromatic N) is 2. The number of hydrogen-bond donors (Lipinski definition) is 2. The molecule has 6 heteroatoms. The van der Waals surface area contributed by atoms with Gasteiger partial charge in [0.25, 0.3) is 0 Å². The molecule has 16 heavy (non-hydrogen) atoms. The van der Waals surface area contributed by atoms with Gasteiger partial charge in [0.2, 0.25) is 11.8 Å². The zero-order chi connectivity index (χ0) is 11.5. The molecule has 2 aliphatic rings. The summed E-state index contributed by atoms with van der Waals surface area (Å²) in [7, 11) is 0. The number of carbonyl (C=O) groups excluding carboxylic acids is 2. The summed E-state index contributed by atoms with van der Waals surface area (Å²) in [6.07, 6.45) is 0.944. The lowest BCUT2D eigenvalue weighted by Crippen LogP contribution is -2.57. The summed E-state index contributed by atoms with van der Waals surface area (Å²) in [5.41, 5.74) is 0. The Kier molecular flexibility index (Phi) is 3.06. The predicted octanol–water partition coefficient (Wildman–Crippen LogP) is -1.41. The average Bonchev–Trinajstić information content (AvgIpc) is 2.75. The molecule has 1 unspecified atom stereocenters. The van der Waals surface area contributed by atoms with Gasteiger partial charge in [-0.3, -0.25) is 9.59 Å². The Balaban J connectivity index is 2.02. The molecular weight excluding hydrogens is 208 g/mol. The van der Waals surface area contributed by atoms with Crippen molar-refractivity contribution in [3.63, 3.8) is 0 Å². The molecule has 2 rings (SSSR count). The normalized spacial score (nSPS) is 29.7. The van der Waals surface area contributed by atoms with Gasteiger partial charge in [-0.05, 0) is 6.42 Å². The van der Waals surface area contributed by atoms with Gasteiger partial charge in [-0.2, -0.15) is 5.26 Å². The van der Waals surface area contributed by atoms with Crippen LogP contribution in [0.3, 0.4) is 0 Å². The Hall–Kier alpha value is -1.61. The van der Waals surface area contributed by atoms with Gasteiger partial charge in [0, 0.05) is 26.1 Å². The van der Waals surface area contributed by atoms with Crippen LogP contribution in [0.15, 0.2) is 0 Å². The molecule has 2 aliphatic heterocycles. The molecule has 2 atom stereocenters. The highest BCUT2D eigenvalue weighted by Gasteiger charge is 2.34. The van der Waals surface area contributed by atoms with Gasteiger partial charge < -0.3 is 15.5 Å². The van der Waals surface area contributed by atoms with Crippen molar-refractivity contribution in [2.45, 2.75) is 24.9 Å². The Morgan fingerprint density at radius 3 is 3.00 bits per heavy atom. The van der Waals surface area contributed by atoms with Gasteiger partial charge in [0.1, 0.15) is 12.1 Å². The molecule has 0 saturated carbocycles. The maximum absolute atomic E-state index is 12.0. The lowest BCUT2D eigenvalue weighted by molar-refractivity contribution is -0.136. The lowest BCUT2D eigenvalue weighted by atomic mass is 10.1. The van der Waals surface area contributed by atoms with Crippen molar-refractivity contribution in [2.75, 3.05) is 19.6 Å². The summed E-state index contributed by atoms with van der Waals surface area (Å²) in [5.74, 6) is -0.208. The van der Waals surface area contributed by atoms with E-state index >= 15 is 0 Å². The van der Waals surface area contributed by atoms with E-state index in [4.69, 9.17) is 5.26 Å². The van der Waals surface area contributed by atoms with E-state index in [0.29, 0.717) is 32.5 Å². The predicted molar refractivity (Wildman–Crippen MR) is 55.1 cm³/mol. The third-order valence-corrected chi connectivity index (χ3v) is 2.97. The summed E-state index contributed by atoms with van der Waals surface area (Å²) in [4.78, 5) is 24.6. The molecular formula is C10H14N4O2. The van der Waals surface area contributed by atoms with Crippen molar-refractivity contribution in [3.8, 4) is 6.07 Å². The van der Waals surface area contributed by atoms with Crippen LogP contribution in [0.5, 0.6) is 0 Å². The molecule has 2 N–H and O–H groups in total. The topological polar surface area (TPSA) is 85.2 Å². The molecule has 0 spiro atoms. The Bertz CT molecular complexity index is 349. The molecule has 0 aliphatic carbocycles. The van der Waals surface area contributed by atoms with E-state index in [1.165, 1.54) is 0 Å². The van der Waals surface area contributed by atoms with Crippen LogP contribution in [0.25, 0.3) is 0 Å². The van der Waals surface area contributed by atoms with E-state index < -0.39 is 12.1 Å². The molecule has 0 radical (unpaired) electrons. The van der Waals surface area contributed by atoms with Crippen LogP contribution in [-0.4, -0.2) is 48.4 Å². The molecule has 2 heterocycles. The zero-order valence-electron chi connectivity index (χ0n) is 8.90. The molecule has 6 nitrogen and oxygen atoms in total. The highest BCUT2D eigenvalue weighted by atomic mass is 16.2. The number of nitrogens with one attached hydrogen (secondary N) is 2. The van der Waals surface area contributed by atoms with E-state index in [1.807, 2.05) is 0 Å². The molecule has 0 aromatic rings. The lowest BCUT2D eigenvalue weighted by Gasteiger charge is -2.33. The minimum Gasteiger partial charge on any atom is -0.344 e. The van der Waals surface area contributed by atoms with Gasteiger partial charge in [-0.1, -0.05) is 0 Å². The Labute approximate surface area is 93.6 Å². The minimum absolute atomic E-state index is 0.0815. The highest BCUT2D eigenvalue weighted by Crippen LogP contribution is 2.12. The van der Waals surface area contributed by atoms with Gasteiger partial charge in [0.05, 0.1) is 6.07 Å². The first-order valence-corrected chi connectivity index (χ1v) is 5.42. The SMILES string of the molecule is N#CC1CNCCN1C(=O)[C@H]1CCC(=O)N1. The van der Waals surface area contributed by atoms with E-state index in [2.05, 4.69) is 16.7 Å². The first-order valence-electron chi connectivity index (χ1n) is 5.42. The number of hydrogen-bond acceptors (Lipinski definition) is 4. The number of nitriles is 1. The van der Waals surface area contributed by atoms with Crippen molar-refractivity contribution in [2.24, 2.45) is 0 Å². The van der Waals surface area contributed by atoms with E-state index in [0.717, 1.165) is 0 Å². The van der Waals surface area contributed by atoms with Crippen LogP contribution < -0.4 is 10.6 Å². The van der Waals surface area contributed by atoms with Crippen LogP contribution in [0.1, 0.15) is 12.8 Å². The fourth-order valence-corrected chi connectivity index (χ4v) is 2.08. The van der Waals surface area contributed by atoms with Crippen molar-refractivity contribution in [3.05, 3.63) is 0 Å². The summed E-state index contributed by atoms with van der Waals surface area (Å²) >= 11 is 0. The second-order valence-electron chi connectivity index (χ2n) is 4.04. The highest BCUT2D eigenvalue weighted by molar-refractivity contribution is 5.91. The first kappa shape index (κ1) is 10.9. The summed E-state index contributed by atoms with van der Waals surface area (Å²) < 4.78 is 0. The molecule has 2 amide bonds. The smallest absolute Gasteiger partial charge is 0.246 e. The molecule has 0 aromatic carbocycles. The van der Waals surface area contributed by atoms with Gasteiger partial charge in [-0.25, -0.2) is 0 Å². The fourth-order valence-electron chi connectivity index (χ4n) is 2.08. The van der Waals surface area contributed by atoms with E-state index in [1.54, 1.807) is 4.90 Å². The molecule has 2 fully saturated rings. The third-order valence-electron chi connectivity index (χ3n) is 2.97. The van der Waals surface area contributed by atoms with E-state index in [-0.39, 0.29) is 11.8 Å². The maximum Gasteiger partial charge on any atom is 0.246 e. The Morgan fingerprint density at radius 2 is 2.38 bits per heavy atom. The average molecular weight is 222 g/mol. The summed E-state index contributed by atoms with van der Waals surface area (Å²) in [6, 6.07) is 1.25. The molecule has 86 valence electrons. The van der Waals surface area contributed by atoms with E-state index in [9.17, 15) is 9.59 Å². The van der Waals surface area contributed by atoms with Crippen molar-refractivity contribution >= 4 is 11.8 Å². The van der Waals surface area contributed by atoms with Gasteiger partial charge >= 0.3 is 0 Å². The first-order chi connectivity index (χ1) is 7.72. The second-order valence-corrected chi connectivity index (χ2v) is 4.04. The van der Waals surface area contributed by atoms with Crippen LogP contribution in [0, 0.1) is 11.3 Å². The summed E-state index contributed by atoms with van der Waals surface area (Å²) in [6.45, 7) is 1.73. The fraction of sp³-hybridized carbons (Fsp3) is 0.700.